The fourth-order valence-electron chi connectivity index (χ4n) is 3.59. The molecular formula is C25H29N3O3S2. The molecule has 0 N–H and O–H groups in total. The smallest absolute Gasteiger partial charge is 0.279 e. The van der Waals surface area contributed by atoms with Crippen LogP contribution in [0.3, 0.4) is 0 Å². The second-order valence-electron chi connectivity index (χ2n) is 7.68. The summed E-state index contributed by atoms with van der Waals surface area (Å²) in [5.74, 6) is 2.19. The highest BCUT2D eigenvalue weighted by atomic mass is 32.2. The second-order valence-corrected chi connectivity index (χ2v) is 10.6. The van der Waals surface area contributed by atoms with Crippen LogP contribution in [-0.4, -0.2) is 36.3 Å². The molecule has 0 atom stereocenters. The third kappa shape index (κ3) is 5.44. The standard InChI is InChI=1S/C25H29N3O3S2/c1-5-15-27(16-6-2)33(30,31)21-12-10-20(11-13-21)24(29)26-25-28(17-7-3)22-14-9-19(8-4)18-23(22)32-25/h3,9-14,18H,5-6,8,15-17H2,1-2,4H3. The van der Waals surface area contributed by atoms with Gasteiger partial charge in [-0.1, -0.05) is 44.1 Å². The van der Waals surface area contributed by atoms with Gasteiger partial charge in [-0.25, -0.2) is 8.42 Å². The topological polar surface area (TPSA) is 71.7 Å². The van der Waals surface area contributed by atoms with Gasteiger partial charge in [-0.15, -0.1) is 6.42 Å². The number of aromatic nitrogens is 1. The summed E-state index contributed by atoms with van der Waals surface area (Å²) in [6.45, 7) is 7.22. The fourth-order valence-corrected chi connectivity index (χ4v) is 6.30. The van der Waals surface area contributed by atoms with Gasteiger partial charge in [0.1, 0.15) is 0 Å². The van der Waals surface area contributed by atoms with Crippen molar-refractivity contribution in [3.05, 3.63) is 58.4 Å². The Morgan fingerprint density at radius 2 is 1.76 bits per heavy atom. The number of nitrogens with zero attached hydrogens (tertiary/aromatic N) is 3. The zero-order valence-corrected chi connectivity index (χ0v) is 20.9. The van der Waals surface area contributed by atoms with Crippen LogP contribution >= 0.6 is 11.3 Å². The van der Waals surface area contributed by atoms with Gasteiger partial charge in [0.25, 0.3) is 5.91 Å². The van der Waals surface area contributed by atoms with Crippen LogP contribution in [0.15, 0.2) is 52.4 Å². The van der Waals surface area contributed by atoms with Crippen molar-refractivity contribution >= 4 is 37.5 Å². The molecule has 1 heterocycles. The predicted octanol–water partition coefficient (Wildman–Crippen LogP) is 4.45. The summed E-state index contributed by atoms with van der Waals surface area (Å²) >= 11 is 1.42. The number of hydrogen-bond acceptors (Lipinski definition) is 4. The molecule has 33 heavy (non-hydrogen) atoms. The van der Waals surface area contributed by atoms with Crippen LogP contribution in [0, 0.1) is 12.3 Å². The molecule has 1 aromatic heterocycles. The first kappa shape index (κ1) is 24.9. The molecule has 0 saturated heterocycles. The Bertz CT molecular complexity index is 1340. The minimum Gasteiger partial charge on any atom is -0.305 e. The summed E-state index contributed by atoms with van der Waals surface area (Å²) in [6, 6.07) is 12.1. The van der Waals surface area contributed by atoms with Crippen LogP contribution in [0.5, 0.6) is 0 Å². The van der Waals surface area contributed by atoms with E-state index in [0.717, 1.165) is 29.5 Å². The van der Waals surface area contributed by atoms with Gasteiger partial charge in [-0.2, -0.15) is 9.30 Å². The molecule has 0 bridgehead atoms. The Morgan fingerprint density at radius 1 is 1.09 bits per heavy atom. The highest BCUT2D eigenvalue weighted by Crippen LogP contribution is 2.21. The minimum atomic E-state index is -3.60. The average Bonchev–Trinajstić information content (AvgIpc) is 3.15. The fraction of sp³-hybridized carbons (Fsp3) is 0.360. The quantitative estimate of drug-likeness (QED) is 0.422. The van der Waals surface area contributed by atoms with Crippen molar-refractivity contribution in [3.8, 4) is 12.3 Å². The zero-order valence-electron chi connectivity index (χ0n) is 19.2. The Hall–Kier alpha value is -2.73. The van der Waals surface area contributed by atoms with Gasteiger partial charge >= 0.3 is 0 Å². The molecule has 0 saturated carbocycles. The number of thiazole rings is 1. The Kier molecular flexibility index (Phi) is 8.25. The second kappa shape index (κ2) is 10.9. The van der Waals surface area contributed by atoms with Gasteiger partial charge in [-0.05, 0) is 61.2 Å². The lowest BCUT2D eigenvalue weighted by molar-refractivity contribution is 0.0998. The molecule has 0 aliphatic carbocycles. The van der Waals surface area contributed by atoms with Crippen LogP contribution in [-0.2, 0) is 23.0 Å². The lowest BCUT2D eigenvalue weighted by Crippen LogP contribution is -2.32. The lowest BCUT2D eigenvalue weighted by Gasteiger charge is -2.21. The number of benzene rings is 2. The summed E-state index contributed by atoms with van der Waals surface area (Å²) in [6.07, 6.45) is 7.94. The van der Waals surface area contributed by atoms with E-state index in [9.17, 15) is 13.2 Å². The maximum Gasteiger partial charge on any atom is 0.279 e. The number of rotatable bonds is 9. The first-order valence-corrected chi connectivity index (χ1v) is 13.4. The molecule has 3 aromatic rings. The molecule has 0 aliphatic rings. The molecule has 0 aliphatic heterocycles. The van der Waals surface area contributed by atoms with Crippen molar-refractivity contribution in [1.29, 1.82) is 0 Å². The SMILES string of the molecule is C#CCn1c(=NC(=O)c2ccc(S(=O)(=O)N(CCC)CCC)cc2)sc2cc(CC)ccc21. The van der Waals surface area contributed by atoms with Crippen LogP contribution in [0.2, 0.25) is 0 Å². The van der Waals surface area contributed by atoms with Crippen LogP contribution in [0.1, 0.15) is 49.5 Å². The van der Waals surface area contributed by atoms with E-state index in [1.807, 2.05) is 30.5 Å². The molecular weight excluding hydrogens is 454 g/mol. The summed E-state index contributed by atoms with van der Waals surface area (Å²) in [7, 11) is -3.60. The maximum absolute atomic E-state index is 12.9. The van der Waals surface area contributed by atoms with E-state index >= 15 is 0 Å². The molecule has 1 amide bonds. The van der Waals surface area contributed by atoms with Gasteiger partial charge in [0.05, 0.1) is 21.7 Å². The third-order valence-corrected chi connectivity index (χ3v) is 8.24. The molecule has 0 radical (unpaired) electrons. The number of terminal acetylenes is 1. The first-order valence-electron chi connectivity index (χ1n) is 11.1. The summed E-state index contributed by atoms with van der Waals surface area (Å²) in [5.41, 5.74) is 2.46. The van der Waals surface area contributed by atoms with Crippen LogP contribution < -0.4 is 4.80 Å². The molecule has 2 aromatic carbocycles. The average molecular weight is 484 g/mol. The molecule has 6 nitrogen and oxygen atoms in total. The first-order chi connectivity index (χ1) is 15.8. The Balaban J connectivity index is 1.96. The van der Waals surface area contributed by atoms with Crippen LogP contribution in [0.4, 0.5) is 0 Å². The summed E-state index contributed by atoms with van der Waals surface area (Å²) in [4.78, 5) is 17.9. The molecule has 174 valence electrons. The lowest BCUT2D eigenvalue weighted by atomic mass is 10.2. The van der Waals surface area contributed by atoms with E-state index in [2.05, 4.69) is 23.9 Å². The normalized spacial score (nSPS) is 12.4. The number of aryl methyl sites for hydroxylation is 1. The van der Waals surface area contributed by atoms with Crippen molar-refractivity contribution in [2.45, 2.75) is 51.5 Å². The minimum absolute atomic E-state index is 0.178. The molecule has 8 heteroatoms. The van der Waals surface area contributed by atoms with Gasteiger partial charge in [0, 0.05) is 18.7 Å². The largest absolute Gasteiger partial charge is 0.305 e. The molecule has 3 rings (SSSR count). The Labute approximate surface area is 199 Å². The van der Waals surface area contributed by atoms with E-state index < -0.39 is 15.9 Å². The van der Waals surface area contributed by atoms with E-state index in [4.69, 9.17) is 6.42 Å². The number of carbonyl (C=O) groups is 1. The summed E-state index contributed by atoms with van der Waals surface area (Å²) < 4.78 is 30.3. The van der Waals surface area contributed by atoms with E-state index in [1.165, 1.54) is 45.5 Å². The highest BCUT2D eigenvalue weighted by Gasteiger charge is 2.23. The monoisotopic (exact) mass is 483 g/mol. The van der Waals surface area contributed by atoms with Gasteiger partial charge < -0.3 is 4.57 Å². The van der Waals surface area contributed by atoms with Crippen molar-refractivity contribution < 1.29 is 13.2 Å². The van der Waals surface area contributed by atoms with Gasteiger partial charge in [-0.3, -0.25) is 4.79 Å². The van der Waals surface area contributed by atoms with Crippen molar-refractivity contribution in [2.75, 3.05) is 13.1 Å². The third-order valence-electron chi connectivity index (χ3n) is 5.29. The molecule has 0 spiro atoms. The van der Waals surface area contributed by atoms with Crippen molar-refractivity contribution in [2.24, 2.45) is 4.99 Å². The highest BCUT2D eigenvalue weighted by molar-refractivity contribution is 7.89. The van der Waals surface area contributed by atoms with Gasteiger partial charge in [0.15, 0.2) is 4.80 Å². The zero-order chi connectivity index (χ0) is 24.0. The summed E-state index contributed by atoms with van der Waals surface area (Å²) in [5, 5.41) is 0. The number of sulfonamides is 1. The molecule has 0 fully saturated rings. The maximum atomic E-state index is 12.9. The van der Waals surface area contributed by atoms with E-state index in [-0.39, 0.29) is 4.90 Å². The van der Waals surface area contributed by atoms with Crippen LogP contribution in [0.25, 0.3) is 10.2 Å². The number of amides is 1. The van der Waals surface area contributed by atoms with E-state index in [0.29, 0.717) is 30.0 Å². The van der Waals surface area contributed by atoms with Gasteiger partial charge in [0.2, 0.25) is 10.0 Å². The number of carbonyl (C=O) groups excluding carboxylic acids is 1. The number of hydrogen-bond donors (Lipinski definition) is 0. The van der Waals surface area contributed by atoms with Crippen molar-refractivity contribution in [3.63, 3.8) is 0 Å². The Morgan fingerprint density at radius 3 is 2.33 bits per heavy atom. The predicted molar refractivity (Wildman–Crippen MR) is 134 cm³/mol. The number of fused-ring (bicyclic) bond motifs is 1. The van der Waals surface area contributed by atoms with E-state index in [1.54, 1.807) is 0 Å². The molecule has 0 unspecified atom stereocenters. The van der Waals surface area contributed by atoms with Crippen molar-refractivity contribution in [1.82, 2.24) is 8.87 Å².